The molecular weight excluding hydrogens is 142 g/mol. The molecule has 0 radical (unpaired) electrons. The highest BCUT2D eigenvalue weighted by Gasteiger charge is 2.27. The van der Waals surface area contributed by atoms with Crippen molar-refractivity contribution in [3.05, 3.63) is 0 Å². The van der Waals surface area contributed by atoms with E-state index in [1.165, 1.54) is 0 Å². The fraction of sp³-hybridized carbons (Fsp3) is 1.00. The molecule has 0 aliphatic carbocycles. The first kappa shape index (κ1) is 8.97. The maximum Gasteiger partial charge on any atom is 0.0979 e. The monoisotopic (exact) mass is 159 g/mol. The molecule has 1 fully saturated rings. The quantitative estimate of drug-likeness (QED) is 0.646. The van der Waals surface area contributed by atoms with Gasteiger partial charge < -0.3 is 14.8 Å². The predicted molar refractivity (Wildman–Crippen MR) is 43.7 cm³/mol. The van der Waals surface area contributed by atoms with Gasteiger partial charge in [0.25, 0.3) is 0 Å². The van der Waals surface area contributed by atoms with Gasteiger partial charge in [0.1, 0.15) is 0 Å². The van der Waals surface area contributed by atoms with Crippen LogP contribution in [0.1, 0.15) is 13.8 Å². The highest BCUT2D eigenvalue weighted by molar-refractivity contribution is 4.82. The molecule has 0 aromatic rings. The summed E-state index contributed by atoms with van der Waals surface area (Å²) in [7, 11) is 1.73. The van der Waals surface area contributed by atoms with Gasteiger partial charge in [0.05, 0.1) is 25.4 Å². The molecule has 1 saturated heterocycles. The van der Waals surface area contributed by atoms with Gasteiger partial charge >= 0.3 is 0 Å². The standard InChI is InChI=1S/C8H17NO2/c1-6(2)9-7-4-11-5-8(7)10-3/h6-9H,4-5H2,1-3H3/t7-,8-/m0/s1. The zero-order valence-corrected chi connectivity index (χ0v) is 7.46. The Morgan fingerprint density at radius 1 is 1.45 bits per heavy atom. The van der Waals surface area contributed by atoms with Crippen LogP contribution in [0.2, 0.25) is 0 Å². The molecule has 0 aromatic heterocycles. The second-order valence-corrected chi connectivity index (χ2v) is 3.24. The largest absolute Gasteiger partial charge is 0.377 e. The Kier molecular flexibility index (Phi) is 3.30. The van der Waals surface area contributed by atoms with Gasteiger partial charge in [-0.2, -0.15) is 0 Å². The molecule has 0 bridgehead atoms. The average molecular weight is 159 g/mol. The Labute approximate surface area is 68.1 Å². The van der Waals surface area contributed by atoms with Crippen LogP contribution in [0.15, 0.2) is 0 Å². The second kappa shape index (κ2) is 4.04. The second-order valence-electron chi connectivity index (χ2n) is 3.24. The molecule has 1 N–H and O–H groups in total. The molecule has 0 aromatic carbocycles. The lowest BCUT2D eigenvalue weighted by Gasteiger charge is -2.19. The first-order valence-corrected chi connectivity index (χ1v) is 4.10. The number of hydrogen-bond donors (Lipinski definition) is 1. The van der Waals surface area contributed by atoms with Crippen molar-refractivity contribution in [2.24, 2.45) is 0 Å². The molecule has 0 spiro atoms. The number of rotatable bonds is 3. The highest BCUT2D eigenvalue weighted by atomic mass is 16.5. The van der Waals surface area contributed by atoms with Gasteiger partial charge in [-0.05, 0) is 0 Å². The summed E-state index contributed by atoms with van der Waals surface area (Å²) in [5.41, 5.74) is 0. The molecule has 11 heavy (non-hydrogen) atoms. The number of nitrogens with one attached hydrogen (secondary N) is 1. The third kappa shape index (κ3) is 2.43. The van der Waals surface area contributed by atoms with Crippen LogP contribution in [0, 0.1) is 0 Å². The SMILES string of the molecule is CO[C@H]1COC[C@@H]1NC(C)C. The van der Waals surface area contributed by atoms with E-state index < -0.39 is 0 Å². The minimum Gasteiger partial charge on any atom is -0.377 e. The van der Waals surface area contributed by atoms with Gasteiger partial charge in [-0.1, -0.05) is 13.8 Å². The molecule has 66 valence electrons. The third-order valence-electron chi connectivity index (χ3n) is 1.88. The van der Waals surface area contributed by atoms with Crippen LogP contribution in [-0.2, 0) is 9.47 Å². The lowest BCUT2D eigenvalue weighted by molar-refractivity contribution is 0.0723. The normalized spacial score (nSPS) is 31.6. The minimum absolute atomic E-state index is 0.234. The van der Waals surface area contributed by atoms with Crippen LogP contribution in [0.5, 0.6) is 0 Å². The van der Waals surface area contributed by atoms with Gasteiger partial charge in [0, 0.05) is 13.2 Å². The Morgan fingerprint density at radius 2 is 2.18 bits per heavy atom. The van der Waals surface area contributed by atoms with Gasteiger partial charge in [0.15, 0.2) is 0 Å². The molecule has 1 rings (SSSR count). The minimum atomic E-state index is 0.234. The van der Waals surface area contributed by atoms with E-state index >= 15 is 0 Å². The molecule has 3 nitrogen and oxygen atoms in total. The average Bonchev–Trinajstić information content (AvgIpc) is 2.34. The fourth-order valence-corrected chi connectivity index (χ4v) is 1.35. The van der Waals surface area contributed by atoms with Crippen LogP contribution >= 0.6 is 0 Å². The van der Waals surface area contributed by atoms with E-state index in [-0.39, 0.29) is 6.10 Å². The number of ether oxygens (including phenoxy) is 2. The third-order valence-corrected chi connectivity index (χ3v) is 1.88. The summed E-state index contributed by atoms with van der Waals surface area (Å²) < 4.78 is 10.5. The fourth-order valence-electron chi connectivity index (χ4n) is 1.35. The summed E-state index contributed by atoms with van der Waals surface area (Å²) in [6.07, 6.45) is 0.234. The Hall–Kier alpha value is -0.120. The maximum atomic E-state index is 5.27. The lowest BCUT2D eigenvalue weighted by Crippen LogP contribution is -2.43. The van der Waals surface area contributed by atoms with Gasteiger partial charge in [-0.3, -0.25) is 0 Å². The number of methoxy groups -OCH3 is 1. The highest BCUT2D eigenvalue weighted by Crippen LogP contribution is 2.08. The van der Waals surface area contributed by atoms with E-state index in [1.807, 2.05) is 0 Å². The molecule has 0 saturated carbocycles. The van der Waals surface area contributed by atoms with Crippen molar-refractivity contribution in [3.8, 4) is 0 Å². The number of hydrogen-bond acceptors (Lipinski definition) is 3. The van der Waals surface area contributed by atoms with E-state index in [0.29, 0.717) is 12.1 Å². The molecule has 0 unspecified atom stereocenters. The van der Waals surface area contributed by atoms with Crippen LogP contribution in [-0.4, -0.2) is 38.5 Å². The van der Waals surface area contributed by atoms with Crippen molar-refractivity contribution >= 4 is 0 Å². The summed E-state index contributed by atoms with van der Waals surface area (Å²) in [5.74, 6) is 0. The molecule has 3 heteroatoms. The smallest absolute Gasteiger partial charge is 0.0979 e. The summed E-state index contributed by atoms with van der Waals surface area (Å²) in [6.45, 7) is 5.76. The molecule has 1 aliphatic rings. The molecule has 2 atom stereocenters. The molecule has 1 heterocycles. The van der Waals surface area contributed by atoms with Gasteiger partial charge in [0.2, 0.25) is 0 Å². The predicted octanol–water partition coefficient (Wildman–Crippen LogP) is 0.398. The van der Waals surface area contributed by atoms with Gasteiger partial charge in [-0.25, -0.2) is 0 Å². The van der Waals surface area contributed by atoms with Crippen molar-refractivity contribution in [2.45, 2.75) is 32.0 Å². The molecule has 1 aliphatic heterocycles. The van der Waals surface area contributed by atoms with Crippen LogP contribution in [0.4, 0.5) is 0 Å². The summed E-state index contributed by atoms with van der Waals surface area (Å²) in [6, 6.07) is 0.874. The summed E-state index contributed by atoms with van der Waals surface area (Å²) in [4.78, 5) is 0. The maximum absolute atomic E-state index is 5.27. The van der Waals surface area contributed by atoms with E-state index in [0.717, 1.165) is 13.2 Å². The first-order chi connectivity index (χ1) is 5.24. The van der Waals surface area contributed by atoms with Crippen LogP contribution in [0.25, 0.3) is 0 Å². The van der Waals surface area contributed by atoms with Crippen LogP contribution in [0.3, 0.4) is 0 Å². The van der Waals surface area contributed by atoms with E-state index in [1.54, 1.807) is 7.11 Å². The van der Waals surface area contributed by atoms with Crippen molar-refractivity contribution in [1.29, 1.82) is 0 Å². The summed E-state index contributed by atoms with van der Waals surface area (Å²) in [5, 5.41) is 3.39. The summed E-state index contributed by atoms with van der Waals surface area (Å²) >= 11 is 0. The topological polar surface area (TPSA) is 30.5 Å². The Morgan fingerprint density at radius 3 is 2.73 bits per heavy atom. The molecular formula is C8H17NO2. The van der Waals surface area contributed by atoms with Crippen molar-refractivity contribution in [2.75, 3.05) is 20.3 Å². The van der Waals surface area contributed by atoms with Gasteiger partial charge in [-0.15, -0.1) is 0 Å². The Balaban J connectivity index is 2.31. The van der Waals surface area contributed by atoms with Crippen molar-refractivity contribution < 1.29 is 9.47 Å². The first-order valence-electron chi connectivity index (χ1n) is 4.10. The van der Waals surface area contributed by atoms with E-state index in [9.17, 15) is 0 Å². The Bertz CT molecular complexity index is 117. The molecule has 0 amide bonds. The zero-order valence-electron chi connectivity index (χ0n) is 7.46. The van der Waals surface area contributed by atoms with Crippen LogP contribution < -0.4 is 5.32 Å². The van der Waals surface area contributed by atoms with Crippen molar-refractivity contribution in [1.82, 2.24) is 5.32 Å². The zero-order chi connectivity index (χ0) is 8.27. The van der Waals surface area contributed by atoms with E-state index in [4.69, 9.17) is 9.47 Å². The lowest BCUT2D eigenvalue weighted by atomic mass is 10.2. The van der Waals surface area contributed by atoms with E-state index in [2.05, 4.69) is 19.2 Å². The van der Waals surface area contributed by atoms with Crippen molar-refractivity contribution in [3.63, 3.8) is 0 Å².